The number of rotatable bonds is 6. The molecule has 282 valence electrons. The zero-order valence-electron chi connectivity index (χ0n) is 34.8. The Kier molecular flexibility index (Phi) is 8.32. The van der Waals surface area contributed by atoms with E-state index in [0.717, 1.165) is 0 Å². The van der Waals surface area contributed by atoms with Gasteiger partial charge in [-0.05, 0) is 146 Å². The maximum absolute atomic E-state index is 2.54. The second-order valence-corrected chi connectivity index (χ2v) is 16.8. The van der Waals surface area contributed by atoms with Crippen molar-refractivity contribution >= 4 is 88.0 Å². The van der Waals surface area contributed by atoms with E-state index in [1.807, 2.05) is 0 Å². The molecule has 0 aliphatic rings. The van der Waals surface area contributed by atoms with Crippen LogP contribution in [0, 0.1) is 55.4 Å². The first-order valence-electron chi connectivity index (χ1n) is 20.5. The predicted octanol–water partition coefficient (Wildman–Crippen LogP) is 16.3. The Bertz CT molecular complexity index is 3050. The fraction of sp³-hybridized carbons (Fsp3) is 0.143. The summed E-state index contributed by atoms with van der Waals surface area (Å²) < 4.78 is 0. The van der Waals surface area contributed by atoms with Gasteiger partial charge in [0.2, 0.25) is 0 Å². The van der Waals surface area contributed by atoms with Crippen LogP contribution in [-0.2, 0) is 0 Å². The third-order valence-corrected chi connectivity index (χ3v) is 12.4. The van der Waals surface area contributed by atoms with Gasteiger partial charge >= 0.3 is 0 Å². The van der Waals surface area contributed by atoms with Crippen LogP contribution in [0.1, 0.15) is 44.5 Å². The van der Waals surface area contributed by atoms with Crippen molar-refractivity contribution in [3.8, 4) is 0 Å². The summed E-state index contributed by atoms with van der Waals surface area (Å²) in [5.41, 5.74) is 17.3. The average molecular weight is 749 g/mol. The van der Waals surface area contributed by atoms with Gasteiger partial charge < -0.3 is 9.80 Å². The molecule has 0 bridgehead atoms. The molecule has 0 aliphatic carbocycles. The van der Waals surface area contributed by atoms with Gasteiger partial charge in [0.1, 0.15) is 0 Å². The number of anilines is 6. The number of hydrogen-bond acceptors (Lipinski definition) is 2. The van der Waals surface area contributed by atoms with Crippen LogP contribution in [0.25, 0.3) is 53.9 Å². The van der Waals surface area contributed by atoms with Crippen LogP contribution >= 0.6 is 0 Å². The lowest BCUT2D eigenvalue weighted by Gasteiger charge is -2.32. The third kappa shape index (κ3) is 5.62. The number of nitrogens with zero attached hydrogens (tertiary/aromatic N) is 2. The van der Waals surface area contributed by atoms with Crippen molar-refractivity contribution in [3.63, 3.8) is 0 Å². The van der Waals surface area contributed by atoms with Gasteiger partial charge in [-0.25, -0.2) is 0 Å². The van der Waals surface area contributed by atoms with Gasteiger partial charge in [0.15, 0.2) is 0 Å². The van der Waals surface area contributed by atoms with Crippen LogP contribution in [-0.4, -0.2) is 0 Å². The minimum Gasteiger partial charge on any atom is -0.309 e. The molecule has 0 spiro atoms. The van der Waals surface area contributed by atoms with Crippen molar-refractivity contribution in [1.29, 1.82) is 0 Å². The van der Waals surface area contributed by atoms with Crippen LogP contribution in [0.4, 0.5) is 34.1 Å². The summed E-state index contributed by atoms with van der Waals surface area (Å²) in [5, 5.41) is 12.6. The summed E-state index contributed by atoms with van der Waals surface area (Å²) in [5.74, 6) is 0. The zero-order chi connectivity index (χ0) is 40.0. The minimum atomic E-state index is 1.18. The third-order valence-electron chi connectivity index (χ3n) is 12.4. The van der Waals surface area contributed by atoms with Gasteiger partial charge in [-0.2, -0.15) is 0 Å². The Morgan fingerprint density at radius 2 is 0.586 bits per heavy atom. The Labute approximate surface area is 341 Å². The zero-order valence-corrected chi connectivity index (χ0v) is 34.8. The highest BCUT2D eigenvalue weighted by molar-refractivity contribution is 6.28. The molecule has 10 aromatic rings. The van der Waals surface area contributed by atoms with Gasteiger partial charge in [-0.15, -0.1) is 0 Å². The normalized spacial score (nSPS) is 11.8. The fourth-order valence-electron chi connectivity index (χ4n) is 9.66. The monoisotopic (exact) mass is 748 g/mol. The van der Waals surface area contributed by atoms with Crippen molar-refractivity contribution in [1.82, 2.24) is 0 Å². The highest BCUT2D eigenvalue weighted by atomic mass is 15.2. The Morgan fingerprint density at radius 3 is 1.00 bits per heavy atom. The topological polar surface area (TPSA) is 6.48 Å². The van der Waals surface area contributed by atoms with Gasteiger partial charge in [0.05, 0.1) is 22.7 Å². The number of benzene rings is 10. The molecule has 0 heterocycles. The molecule has 10 aromatic carbocycles. The van der Waals surface area contributed by atoms with E-state index < -0.39 is 0 Å². The van der Waals surface area contributed by atoms with Crippen molar-refractivity contribution in [2.24, 2.45) is 0 Å². The van der Waals surface area contributed by atoms with Gasteiger partial charge in [0.25, 0.3) is 0 Å². The molecule has 0 radical (unpaired) electrons. The Hall–Kier alpha value is -6.64. The van der Waals surface area contributed by atoms with E-state index in [1.54, 1.807) is 0 Å². The van der Waals surface area contributed by atoms with Crippen LogP contribution in [0.2, 0.25) is 0 Å². The SMILES string of the molecule is Cc1ccc(N(c2c(C)ccc3ccc(C)cc23)c2ccc3ccc4c(N(c5ccc(C)cc5C)c5c(C)ccc6ccc(C)cc56)ccc5ccc2c3c54)c(C)c1. The molecule has 0 saturated carbocycles. The van der Waals surface area contributed by atoms with Crippen molar-refractivity contribution in [3.05, 3.63) is 190 Å². The molecule has 0 unspecified atom stereocenters. The van der Waals surface area contributed by atoms with Crippen LogP contribution in [0.3, 0.4) is 0 Å². The summed E-state index contributed by atoms with van der Waals surface area (Å²) in [6, 6.07) is 55.3. The second-order valence-electron chi connectivity index (χ2n) is 16.8. The molecule has 0 aliphatic heterocycles. The summed E-state index contributed by atoms with van der Waals surface area (Å²) in [6.45, 7) is 17.8. The number of hydrogen-bond donors (Lipinski definition) is 0. The van der Waals surface area contributed by atoms with E-state index in [4.69, 9.17) is 0 Å². The fourth-order valence-corrected chi connectivity index (χ4v) is 9.66. The Balaban J connectivity index is 1.30. The van der Waals surface area contributed by atoms with E-state index >= 15 is 0 Å². The summed E-state index contributed by atoms with van der Waals surface area (Å²) in [6.07, 6.45) is 0. The first-order valence-corrected chi connectivity index (χ1v) is 20.5. The predicted molar refractivity (Wildman–Crippen MR) is 252 cm³/mol. The second kappa shape index (κ2) is 13.5. The molecule has 58 heavy (non-hydrogen) atoms. The van der Waals surface area contributed by atoms with E-state index in [-0.39, 0.29) is 0 Å². The number of fused-ring (bicyclic) bond motifs is 2. The van der Waals surface area contributed by atoms with E-state index in [1.165, 1.54) is 132 Å². The molecule has 0 atom stereocenters. The molecule has 0 saturated heterocycles. The maximum Gasteiger partial charge on any atom is 0.0569 e. The van der Waals surface area contributed by atoms with E-state index in [2.05, 4.69) is 211 Å². The van der Waals surface area contributed by atoms with Crippen LogP contribution < -0.4 is 9.80 Å². The molecular weight excluding hydrogens is 701 g/mol. The Morgan fingerprint density at radius 1 is 0.259 bits per heavy atom. The molecule has 2 heteroatoms. The molecule has 0 fully saturated rings. The summed E-state index contributed by atoms with van der Waals surface area (Å²) >= 11 is 0. The molecule has 0 aromatic heterocycles. The smallest absolute Gasteiger partial charge is 0.0569 e. The molecule has 10 rings (SSSR count). The first kappa shape index (κ1) is 35.8. The van der Waals surface area contributed by atoms with E-state index in [9.17, 15) is 0 Å². The first-order chi connectivity index (χ1) is 28.0. The summed E-state index contributed by atoms with van der Waals surface area (Å²) in [4.78, 5) is 5.09. The lowest BCUT2D eigenvalue weighted by atomic mass is 9.90. The highest BCUT2D eigenvalue weighted by Crippen LogP contribution is 2.51. The summed E-state index contributed by atoms with van der Waals surface area (Å²) in [7, 11) is 0. The number of aryl methyl sites for hydroxylation is 8. The minimum absolute atomic E-state index is 1.18. The average Bonchev–Trinajstić information content (AvgIpc) is 3.20. The molecule has 0 amide bonds. The van der Waals surface area contributed by atoms with Gasteiger partial charge in [0, 0.05) is 32.9 Å². The van der Waals surface area contributed by atoms with Crippen molar-refractivity contribution in [2.75, 3.05) is 9.80 Å². The lowest BCUT2D eigenvalue weighted by molar-refractivity contribution is 1.24. The highest BCUT2D eigenvalue weighted by Gasteiger charge is 2.26. The van der Waals surface area contributed by atoms with E-state index in [0.29, 0.717) is 0 Å². The molecule has 2 nitrogen and oxygen atoms in total. The molecule has 0 N–H and O–H groups in total. The quantitative estimate of drug-likeness (QED) is 0.156. The van der Waals surface area contributed by atoms with Crippen molar-refractivity contribution in [2.45, 2.75) is 55.4 Å². The largest absolute Gasteiger partial charge is 0.309 e. The maximum atomic E-state index is 2.54. The van der Waals surface area contributed by atoms with Gasteiger partial charge in [-0.3, -0.25) is 0 Å². The van der Waals surface area contributed by atoms with Crippen LogP contribution in [0.15, 0.2) is 146 Å². The molecular formula is C56H48N2. The van der Waals surface area contributed by atoms with Gasteiger partial charge in [-0.1, -0.05) is 131 Å². The lowest BCUT2D eigenvalue weighted by Crippen LogP contribution is -2.15. The van der Waals surface area contributed by atoms with Crippen molar-refractivity contribution < 1.29 is 0 Å². The standard InChI is InChI=1S/C56H48N2/c1-33-11-25-49(39(7)29-33)57(55-37(5)13-17-41-15-9-35(3)31-47(41)55)51-27-21-43-20-24-46-52(28-22-44-19-23-45(51)53(43)54(44)46)58(50-26-12-34(2)30-40(50)8)56-38(6)14-18-42-16-10-36(4)32-48(42)56/h9-32H,1-8H3. The van der Waals surface area contributed by atoms with Crippen LogP contribution in [0.5, 0.6) is 0 Å².